The molecular weight excluding hydrogens is 504 g/mol. The van der Waals surface area contributed by atoms with Gasteiger partial charge in [0.2, 0.25) is 9.84 Å². The fourth-order valence-corrected chi connectivity index (χ4v) is 6.13. The highest BCUT2D eigenvalue weighted by Crippen LogP contribution is 2.40. The van der Waals surface area contributed by atoms with Crippen LogP contribution in [0.3, 0.4) is 0 Å². The van der Waals surface area contributed by atoms with Crippen LogP contribution in [0.1, 0.15) is 0 Å². The molecule has 4 aromatic carbocycles. The maximum absolute atomic E-state index is 13.3. The molecule has 0 unspecified atom stereocenters. The number of rotatable bonds is 8. The lowest BCUT2D eigenvalue weighted by Gasteiger charge is -2.10. The number of nitroso groups, excluding NO2 is 2. The average Bonchev–Trinajstić information content (AvgIpc) is 2.87. The zero-order valence-electron chi connectivity index (χ0n) is 18.0. The topological polar surface area (TPSA) is 145 Å². The van der Waals surface area contributed by atoms with Gasteiger partial charge >= 0.3 is 0 Å². The van der Waals surface area contributed by atoms with E-state index in [2.05, 4.69) is 10.4 Å². The van der Waals surface area contributed by atoms with Gasteiger partial charge in [0.05, 0.1) is 9.79 Å². The highest BCUT2D eigenvalue weighted by molar-refractivity contribution is 7.99. The molecule has 0 aliphatic rings. The molecular formula is C24H18N4O4S3. The second-order valence-corrected chi connectivity index (χ2v) is 11.5. The van der Waals surface area contributed by atoms with Crippen molar-refractivity contribution in [2.24, 2.45) is 10.4 Å². The first-order chi connectivity index (χ1) is 16.8. The van der Waals surface area contributed by atoms with Gasteiger partial charge in [-0.05, 0) is 95.3 Å². The number of nitrogens with zero attached hydrogens (tertiary/aromatic N) is 2. The molecule has 0 aliphatic heterocycles. The first-order valence-electron chi connectivity index (χ1n) is 10.1. The van der Waals surface area contributed by atoms with Gasteiger partial charge in [-0.25, -0.2) is 8.42 Å². The Morgan fingerprint density at radius 1 is 0.571 bits per heavy atom. The monoisotopic (exact) mass is 522 g/mol. The van der Waals surface area contributed by atoms with Gasteiger partial charge in [0.15, 0.2) is 0 Å². The summed E-state index contributed by atoms with van der Waals surface area (Å²) in [7, 11) is -4.04. The van der Waals surface area contributed by atoms with Gasteiger partial charge < -0.3 is 11.5 Å². The average molecular weight is 523 g/mol. The minimum atomic E-state index is -4.04. The summed E-state index contributed by atoms with van der Waals surface area (Å²) in [5.41, 5.74) is 12.6. The smallest absolute Gasteiger partial charge is 0.206 e. The molecule has 11 heteroatoms. The van der Waals surface area contributed by atoms with Gasteiger partial charge in [-0.1, -0.05) is 23.5 Å². The molecule has 0 aromatic heterocycles. The summed E-state index contributed by atoms with van der Waals surface area (Å²) in [4.78, 5) is 25.3. The maximum atomic E-state index is 13.3. The number of hydrogen-bond donors (Lipinski definition) is 2. The summed E-state index contributed by atoms with van der Waals surface area (Å²) < 4.78 is 26.5. The summed E-state index contributed by atoms with van der Waals surface area (Å²) in [5, 5.41) is 6.02. The molecule has 4 rings (SSSR count). The van der Waals surface area contributed by atoms with Crippen molar-refractivity contribution in [2.75, 3.05) is 11.5 Å². The van der Waals surface area contributed by atoms with Gasteiger partial charge in [0.25, 0.3) is 0 Å². The van der Waals surface area contributed by atoms with Crippen LogP contribution in [-0.4, -0.2) is 8.42 Å². The van der Waals surface area contributed by atoms with E-state index in [1.165, 1.54) is 59.9 Å². The van der Waals surface area contributed by atoms with Gasteiger partial charge in [-0.15, -0.1) is 9.81 Å². The van der Waals surface area contributed by atoms with Crippen molar-refractivity contribution in [1.29, 1.82) is 0 Å². The molecule has 4 N–H and O–H groups in total. The standard InChI is InChI=1S/C24H18N4O4S3/c25-15-1-5-17(6-2-15)33-23-11-9-19(13-21(23)27-29)35(31,32)20-10-12-24(22(14-20)28-30)34-18-7-3-16(26)4-8-18/h1-14H,25-26H2. The van der Waals surface area contributed by atoms with E-state index in [-0.39, 0.29) is 21.2 Å². The normalized spacial score (nSPS) is 11.2. The quantitative estimate of drug-likeness (QED) is 0.190. The first kappa shape index (κ1) is 24.5. The highest BCUT2D eigenvalue weighted by Gasteiger charge is 2.22. The van der Waals surface area contributed by atoms with Crippen molar-refractivity contribution >= 4 is 56.1 Å². The first-order valence-corrected chi connectivity index (χ1v) is 13.2. The van der Waals surface area contributed by atoms with Crippen LogP contribution in [0.2, 0.25) is 0 Å². The minimum Gasteiger partial charge on any atom is -0.399 e. The Morgan fingerprint density at radius 3 is 1.29 bits per heavy atom. The summed E-state index contributed by atoms with van der Waals surface area (Å²) in [5.74, 6) is 0. The van der Waals surface area contributed by atoms with Crippen molar-refractivity contribution in [3.63, 3.8) is 0 Å². The SMILES string of the molecule is Nc1ccc(Sc2ccc(S(=O)(=O)c3ccc(Sc4ccc(N)cc4)c(N=O)c3)cc2N=O)cc1. The van der Waals surface area contributed by atoms with Crippen LogP contribution >= 0.6 is 23.5 Å². The zero-order chi connectivity index (χ0) is 25.0. The molecule has 0 saturated carbocycles. The largest absolute Gasteiger partial charge is 0.399 e. The number of hydrogen-bond acceptors (Lipinski definition) is 10. The Bertz CT molecular complexity index is 1400. The molecule has 0 fully saturated rings. The third kappa shape index (κ3) is 5.53. The van der Waals surface area contributed by atoms with Crippen molar-refractivity contribution in [1.82, 2.24) is 0 Å². The van der Waals surface area contributed by atoms with E-state index >= 15 is 0 Å². The zero-order valence-corrected chi connectivity index (χ0v) is 20.4. The number of anilines is 2. The molecule has 0 spiro atoms. The van der Waals surface area contributed by atoms with Gasteiger partial charge in [-0.3, -0.25) is 0 Å². The van der Waals surface area contributed by atoms with Crippen LogP contribution in [0, 0.1) is 9.81 Å². The minimum absolute atomic E-state index is 0.0165. The van der Waals surface area contributed by atoms with Crippen molar-refractivity contribution in [3.05, 3.63) is 94.7 Å². The van der Waals surface area contributed by atoms with Crippen molar-refractivity contribution in [2.45, 2.75) is 29.4 Å². The van der Waals surface area contributed by atoms with E-state index in [9.17, 15) is 18.2 Å². The lowest BCUT2D eigenvalue weighted by molar-refractivity contribution is 0.596. The summed E-state index contributed by atoms with van der Waals surface area (Å²) in [6, 6.07) is 22.3. The molecule has 35 heavy (non-hydrogen) atoms. The van der Waals surface area contributed by atoms with Crippen LogP contribution in [0.15, 0.2) is 125 Å². The van der Waals surface area contributed by atoms with Gasteiger partial charge in [0.1, 0.15) is 11.4 Å². The Hall–Kier alpha value is -3.67. The molecule has 0 amide bonds. The lowest BCUT2D eigenvalue weighted by Crippen LogP contribution is -2.02. The van der Waals surface area contributed by atoms with Crippen LogP contribution in [-0.2, 0) is 9.84 Å². The molecule has 0 bridgehead atoms. The Balaban J connectivity index is 1.64. The van der Waals surface area contributed by atoms with Gasteiger partial charge in [0, 0.05) is 31.0 Å². The maximum Gasteiger partial charge on any atom is 0.206 e. The van der Waals surface area contributed by atoms with Crippen LogP contribution in [0.25, 0.3) is 0 Å². The second kappa shape index (κ2) is 10.3. The Morgan fingerprint density at radius 2 is 0.943 bits per heavy atom. The predicted octanol–water partition coefficient (Wildman–Crippen LogP) is 6.78. The van der Waals surface area contributed by atoms with Gasteiger partial charge in [-0.2, -0.15) is 0 Å². The van der Waals surface area contributed by atoms with E-state index in [0.717, 1.165) is 9.79 Å². The van der Waals surface area contributed by atoms with E-state index < -0.39 is 9.84 Å². The van der Waals surface area contributed by atoms with Crippen LogP contribution in [0.4, 0.5) is 22.7 Å². The fourth-order valence-electron chi connectivity index (χ4n) is 3.11. The second-order valence-electron chi connectivity index (χ2n) is 7.29. The third-order valence-corrected chi connectivity index (χ3v) is 8.79. The number of nitrogen functional groups attached to an aromatic ring is 2. The fraction of sp³-hybridized carbons (Fsp3) is 0. The molecule has 4 aromatic rings. The summed E-state index contributed by atoms with van der Waals surface area (Å²) in [6.45, 7) is 0. The van der Waals surface area contributed by atoms with Crippen molar-refractivity contribution in [3.8, 4) is 0 Å². The Kier molecular flexibility index (Phi) is 7.20. The third-order valence-electron chi connectivity index (χ3n) is 4.89. The van der Waals surface area contributed by atoms with E-state index in [1.807, 2.05) is 0 Å². The Labute approximate surface area is 210 Å². The molecule has 0 saturated heterocycles. The predicted molar refractivity (Wildman–Crippen MR) is 139 cm³/mol. The number of nitrogens with two attached hydrogens (primary N) is 2. The molecule has 0 radical (unpaired) electrons. The molecule has 0 heterocycles. The lowest BCUT2D eigenvalue weighted by atomic mass is 10.3. The van der Waals surface area contributed by atoms with Crippen molar-refractivity contribution < 1.29 is 8.42 Å². The summed E-state index contributed by atoms with van der Waals surface area (Å²) in [6.07, 6.45) is 0. The van der Waals surface area contributed by atoms with Crippen LogP contribution < -0.4 is 11.5 Å². The molecule has 176 valence electrons. The molecule has 0 atom stereocenters. The van der Waals surface area contributed by atoms with E-state index in [1.54, 1.807) is 48.5 Å². The number of sulfone groups is 1. The van der Waals surface area contributed by atoms with E-state index in [4.69, 9.17) is 11.5 Å². The van der Waals surface area contributed by atoms with E-state index in [0.29, 0.717) is 21.2 Å². The number of benzene rings is 4. The van der Waals surface area contributed by atoms with Crippen LogP contribution in [0.5, 0.6) is 0 Å². The molecule has 8 nitrogen and oxygen atoms in total. The highest BCUT2D eigenvalue weighted by atomic mass is 32.2. The summed E-state index contributed by atoms with van der Waals surface area (Å²) >= 11 is 2.52. The molecule has 0 aliphatic carbocycles.